The van der Waals surface area contributed by atoms with Crippen molar-refractivity contribution in [1.29, 1.82) is 0 Å². The summed E-state index contributed by atoms with van der Waals surface area (Å²) in [4.78, 5) is 2.31. The lowest BCUT2D eigenvalue weighted by molar-refractivity contribution is 0.669. The highest BCUT2D eigenvalue weighted by molar-refractivity contribution is 6.07. The monoisotopic (exact) mass is 715 g/mol. The number of nitrogens with zero attached hydrogens (tertiary/aromatic N) is 1. The van der Waals surface area contributed by atoms with Gasteiger partial charge in [-0.25, -0.2) is 0 Å². The maximum Gasteiger partial charge on any atom is 0.137 e. The van der Waals surface area contributed by atoms with Crippen LogP contribution in [0, 0.1) is 0 Å². The molecule has 0 radical (unpaired) electrons. The Morgan fingerprint density at radius 3 is 1.20 bits per heavy atom. The van der Waals surface area contributed by atoms with E-state index in [9.17, 15) is 0 Å². The van der Waals surface area contributed by atoms with E-state index < -0.39 is 0 Å². The predicted molar refractivity (Wildman–Crippen MR) is 236 cm³/mol. The highest BCUT2D eigenvalue weighted by Crippen LogP contribution is 2.41. The Balaban J connectivity index is 1.05. The van der Waals surface area contributed by atoms with Gasteiger partial charge in [0, 0.05) is 33.9 Å². The van der Waals surface area contributed by atoms with Crippen molar-refractivity contribution < 1.29 is 4.42 Å². The molecule has 0 atom stereocenters. The summed E-state index contributed by atoms with van der Waals surface area (Å²) >= 11 is 0. The first-order valence-electron chi connectivity index (χ1n) is 19.1. The van der Waals surface area contributed by atoms with Crippen molar-refractivity contribution in [3.05, 3.63) is 224 Å². The van der Waals surface area contributed by atoms with Crippen molar-refractivity contribution in [1.82, 2.24) is 0 Å². The summed E-state index contributed by atoms with van der Waals surface area (Å²) in [5.74, 6) is 0. The zero-order chi connectivity index (χ0) is 37.3. The zero-order valence-corrected chi connectivity index (χ0v) is 30.7. The standard InChI is InChI=1S/C54H37NO/c1-5-13-38(14-6-1)40-21-27-46(28-22-40)55(48-31-34-51-50-33-26-45(39-15-7-2-8-16-39)36-53(50)56-54(51)37-48)47-29-23-41(24-30-47)44-25-32-49(42-17-9-3-10-18-42)52(35-44)43-19-11-4-12-20-43/h1-37H. The van der Waals surface area contributed by atoms with Crippen LogP contribution in [-0.4, -0.2) is 0 Å². The molecule has 2 heteroatoms. The molecule has 264 valence electrons. The van der Waals surface area contributed by atoms with E-state index in [2.05, 4.69) is 223 Å². The van der Waals surface area contributed by atoms with Crippen molar-refractivity contribution in [2.45, 2.75) is 0 Å². The average Bonchev–Trinajstić information content (AvgIpc) is 3.65. The lowest BCUT2D eigenvalue weighted by Gasteiger charge is -2.26. The number of fused-ring (bicyclic) bond motifs is 3. The van der Waals surface area contributed by atoms with Crippen molar-refractivity contribution >= 4 is 39.0 Å². The van der Waals surface area contributed by atoms with Gasteiger partial charge in [0.1, 0.15) is 11.2 Å². The number of hydrogen-bond acceptors (Lipinski definition) is 2. The van der Waals surface area contributed by atoms with Crippen LogP contribution in [0.15, 0.2) is 229 Å². The molecule has 10 aromatic rings. The van der Waals surface area contributed by atoms with Gasteiger partial charge in [-0.3, -0.25) is 0 Å². The average molecular weight is 716 g/mol. The van der Waals surface area contributed by atoms with E-state index >= 15 is 0 Å². The predicted octanol–water partition coefficient (Wildman–Crippen LogP) is 15.4. The van der Waals surface area contributed by atoms with Gasteiger partial charge in [-0.05, 0) is 110 Å². The first-order chi connectivity index (χ1) is 27.7. The van der Waals surface area contributed by atoms with Crippen LogP contribution < -0.4 is 4.90 Å². The van der Waals surface area contributed by atoms with Crippen LogP contribution in [0.4, 0.5) is 17.1 Å². The van der Waals surface area contributed by atoms with Gasteiger partial charge >= 0.3 is 0 Å². The number of anilines is 3. The van der Waals surface area contributed by atoms with E-state index in [0.29, 0.717) is 0 Å². The molecule has 0 saturated carbocycles. The van der Waals surface area contributed by atoms with E-state index in [1.807, 2.05) is 6.07 Å². The topological polar surface area (TPSA) is 16.4 Å². The minimum Gasteiger partial charge on any atom is -0.456 e. The van der Waals surface area contributed by atoms with Gasteiger partial charge in [0.05, 0.1) is 0 Å². The Labute approximate surface area is 327 Å². The molecular weight excluding hydrogens is 679 g/mol. The highest BCUT2D eigenvalue weighted by atomic mass is 16.3. The lowest BCUT2D eigenvalue weighted by atomic mass is 9.91. The molecule has 1 aromatic heterocycles. The van der Waals surface area contributed by atoms with Crippen LogP contribution in [0.1, 0.15) is 0 Å². The van der Waals surface area contributed by atoms with Crippen LogP contribution in [0.25, 0.3) is 77.6 Å². The SMILES string of the molecule is c1ccc(-c2ccc(N(c3ccc(-c4ccc(-c5ccccc5)c(-c5ccccc5)c4)cc3)c3ccc4c(c3)oc3cc(-c5ccccc5)ccc34)cc2)cc1. The summed E-state index contributed by atoms with van der Waals surface area (Å²) < 4.78 is 6.59. The first-order valence-corrected chi connectivity index (χ1v) is 19.1. The Kier molecular flexibility index (Phi) is 8.55. The van der Waals surface area contributed by atoms with Gasteiger partial charge in [0.2, 0.25) is 0 Å². The molecule has 56 heavy (non-hydrogen) atoms. The van der Waals surface area contributed by atoms with Crippen LogP contribution in [-0.2, 0) is 0 Å². The second-order valence-electron chi connectivity index (χ2n) is 14.1. The fraction of sp³-hybridized carbons (Fsp3) is 0. The summed E-state index contributed by atoms with van der Waals surface area (Å²) in [6, 6.07) is 79.9. The number of furan rings is 1. The Morgan fingerprint density at radius 1 is 0.250 bits per heavy atom. The molecule has 0 N–H and O–H groups in total. The summed E-state index contributed by atoms with van der Waals surface area (Å²) in [5, 5.41) is 2.22. The van der Waals surface area contributed by atoms with Gasteiger partial charge in [-0.2, -0.15) is 0 Å². The molecule has 0 unspecified atom stereocenters. The third kappa shape index (κ3) is 6.34. The van der Waals surface area contributed by atoms with E-state index in [0.717, 1.165) is 50.1 Å². The molecule has 0 aliphatic rings. The van der Waals surface area contributed by atoms with E-state index in [1.165, 1.54) is 44.5 Å². The number of benzene rings is 9. The minimum absolute atomic E-state index is 0.859. The molecule has 0 saturated heterocycles. The summed E-state index contributed by atoms with van der Waals surface area (Å²) in [6.45, 7) is 0. The first kappa shape index (κ1) is 33.2. The normalized spacial score (nSPS) is 11.2. The van der Waals surface area contributed by atoms with Gasteiger partial charge in [0.15, 0.2) is 0 Å². The molecule has 0 fully saturated rings. The molecule has 0 bridgehead atoms. The van der Waals surface area contributed by atoms with E-state index in [1.54, 1.807) is 0 Å². The molecular formula is C54H37NO. The molecule has 0 aliphatic heterocycles. The van der Waals surface area contributed by atoms with Crippen molar-refractivity contribution in [2.24, 2.45) is 0 Å². The third-order valence-corrected chi connectivity index (χ3v) is 10.7. The summed E-state index contributed by atoms with van der Waals surface area (Å²) in [6.07, 6.45) is 0. The largest absolute Gasteiger partial charge is 0.456 e. The molecule has 9 aromatic carbocycles. The van der Waals surface area contributed by atoms with E-state index in [4.69, 9.17) is 4.42 Å². The summed E-state index contributed by atoms with van der Waals surface area (Å²) in [5.41, 5.74) is 16.8. The maximum absolute atomic E-state index is 6.59. The second-order valence-corrected chi connectivity index (χ2v) is 14.1. The molecule has 0 aliphatic carbocycles. The summed E-state index contributed by atoms with van der Waals surface area (Å²) in [7, 11) is 0. The molecule has 1 heterocycles. The zero-order valence-electron chi connectivity index (χ0n) is 30.7. The van der Waals surface area contributed by atoms with Crippen molar-refractivity contribution in [3.63, 3.8) is 0 Å². The van der Waals surface area contributed by atoms with Crippen LogP contribution >= 0.6 is 0 Å². The third-order valence-electron chi connectivity index (χ3n) is 10.7. The lowest BCUT2D eigenvalue weighted by Crippen LogP contribution is -2.09. The second kappa shape index (κ2) is 14.4. The highest BCUT2D eigenvalue weighted by Gasteiger charge is 2.17. The molecule has 10 rings (SSSR count). The fourth-order valence-electron chi connectivity index (χ4n) is 7.85. The Morgan fingerprint density at radius 2 is 0.625 bits per heavy atom. The van der Waals surface area contributed by atoms with Gasteiger partial charge in [-0.15, -0.1) is 0 Å². The molecule has 2 nitrogen and oxygen atoms in total. The fourth-order valence-corrected chi connectivity index (χ4v) is 7.85. The van der Waals surface area contributed by atoms with Crippen molar-refractivity contribution in [2.75, 3.05) is 4.90 Å². The van der Waals surface area contributed by atoms with Crippen LogP contribution in [0.3, 0.4) is 0 Å². The maximum atomic E-state index is 6.59. The quantitative estimate of drug-likeness (QED) is 0.156. The number of hydrogen-bond donors (Lipinski definition) is 0. The van der Waals surface area contributed by atoms with Crippen LogP contribution in [0.5, 0.6) is 0 Å². The smallest absolute Gasteiger partial charge is 0.137 e. The van der Waals surface area contributed by atoms with Gasteiger partial charge < -0.3 is 9.32 Å². The van der Waals surface area contributed by atoms with Crippen molar-refractivity contribution in [3.8, 4) is 55.6 Å². The Bertz CT molecular complexity index is 2920. The van der Waals surface area contributed by atoms with Gasteiger partial charge in [0.25, 0.3) is 0 Å². The van der Waals surface area contributed by atoms with Gasteiger partial charge in [-0.1, -0.05) is 164 Å². The Hall–Kier alpha value is -7.42. The minimum atomic E-state index is 0.859. The van der Waals surface area contributed by atoms with Crippen LogP contribution in [0.2, 0.25) is 0 Å². The molecule has 0 spiro atoms. The molecule has 0 amide bonds. The van der Waals surface area contributed by atoms with E-state index in [-0.39, 0.29) is 0 Å². The number of rotatable bonds is 8.